The molecule has 12 heavy (non-hydrogen) atoms. The summed E-state index contributed by atoms with van der Waals surface area (Å²) in [5.41, 5.74) is 0. The lowest BCUT2D eigenvalue weighted by Gasteiger charge is -2.28. The summed E-state index contributed by atoms with van der Waals surface area (Å²) in [5, 5.41) is 3.36. The predicted molar refractivity (Wildman–Crippen MR) is 56.4 cm³/mol. The highest BCUT2D eigenvalue weighted by atomic mass is 14.9. The third-order valence-corrected chi connectivity index (χ3v) is 3.04. The molecule has 0 aliphatic rings. The van der Waals surface area contributed by atoms with E-state index in [0.29, 0.717) is 6.04 Å². The fourth-order valence-electron chi connectivity index (χ4n) is 2.13. The van der Waals surface area contributed by atoms with Crippen molar-refractivity contribution >= 4 is 0 Å². The summed E-state index contributed by atoms with van der Waals surface area (Å²) >= 11 is 0. The van der Waals surface area contributed by atoms with Crippen LogP contribution in [0.2, 0.25) is 0 Å². The van der Waals surface area contributed by atoms with Crippen LogP contribution in [-0.2, 0) is 0 Å². The van der Waals surface area contributed by atoms with Crippen molar-refractivity contribution in [1.82, 2.24) is 5.32 Å². The first kappa shape index (κ1) is 12.0. The average Bonchev–Trinajstić information content (AvgIpc) is 2.06. The number of hydrogen-bond donors (Lipinski definition) is 1. The quantitative estimate of drug-likeness (QED) is 0.647. The van der Waals surface area contributed by atoms with Crippen LogP contribution in [0.25, 0.3) is 0 Å². The summed E-state index contributed by atoms with van der Waals surface area (Å²) < 4.78 is 0. The SMILES string of the molecule is CCC[C@H](C)C(CC)C(C)NC. The van der Waals surface area contributed by atoms with Crippen LogP contribution in [0.1, 0.15) is 47.0 Å². The molecule has 0 radical (unpaired) electrons. The van der Waals surface area contributed by atoms with E-state index in [-0.39, 0.29) is 0 Å². The fourth-order valence-corrected chi connectivity index (χ4v) is 2.13. The first-order valence-electron chi connectivity index (χ1n) is 5.34. The zero-order valence-corrected chi connectivity index (χ0v) is 9.35. The largest absolute Gasteiger partial charge is 0.317 e. The van der Waals surface area contributed by atoms with Gasteiger partial charge >= 0.3 is 0 Å². The van der Waals surface area contributed by atoms with Gasteiger partial charge in [-0.25, -0.2) is 0 Å². The van der Waals surface area contributed by atoms with E-state index in [1.54, 1.807) is 0 Å². The summed E-state index contributed by atoms with van der Waals surface area (Å²) in [6.45, 7) is 9.24. The van der Waals surface area contributed by atoms with E-state index in [1.807, 2.05) is 0 Å². The topological polar surface area (TPSA) is 12.0 Å². The molecule has 0 aromatic carbocycles. The fraction of sp³-hybridized carbons (Fsp3) is 1.00. The minimum Gasteiger partial charge on any atom is -0.317 e. The molecule has 0 aliphatic heterocycles. The van der Waals surface area contributed by atoms with E-state index in [1.165, 1.54) is 19.3 Å². The average molecular weight is 171 g/mol. The van der Waals surface area contributed by atoms with Gasteiger partial charge in [-0.1, -0.05) is 40.0 Å². The first-order valence-corrected chi connectivity index (χ1v) is 5.34. The van der Waals surface area contributed by atoms with Crippen LogP contribution in [0.5, 0.6) is 0 Å². The van der Waals surface area contributed by atoms with Gasteiger partial charge in [0.1, 0.15) is 0 Å². The molecule has 74 valence electrons. The molecule has 0 amide bonds. The summed E-state index contributed by atoms with van der Waals surface area (Å²) in [5.74, 6) is 1.71. The van der Waals surface area contributed by atoms with Crippen molar-refractivity contribution in [3.63, 3.8) is 0 Å². The second-order valence-corrected chi connectivity index (χ2v) is 3.92. The van der Waals surface area contributed by atoms with Crippen molar-refractivity contribution in [3.8, 4) is 0 Å². The second-order valence-electron chi connectivity index (χ2n) is 3.92. The molecule has 1 nitrogen and oxygen atoms in total. The molecule has 0 heterocycles. The van der Waals surface area contributed by atoms with Crippen molar-refractivity contribution in [1.29, 1.82) is 0 Å². The lowest BCUT2D eigenvalue weighted by atomic mass is 9.83. The van der Waals surface area contributed by atoms with E-state index in [4.69, 9.17) is 0 Å². The van der Waals surface area contributed by atoms with Crippen LogP contribution < -0.4 is 5.32 Å². The molecule has 0 aliphatic carbocycles. The van der Waals surface area contributed by atoms with Crippen LogP contribution >= 0.6 is 0 Å². The monoisotopic (exact) mass is 171 g/mol. The Balaban J connectivity index is 3.94. The second kappa shape index (κ2) is 6.47. The van der Waals surface area contributed by atoms with Crippen molar-refractivity contribution < 1.29 is 0 Å². The Morgan fingerprint density at radius 3 is 2.08 bits per heavy atom. The van der Waals surface area contributed by atoms with Crippen molar-refractivity contribution in [3.05, 3.63) is 0 Å². The molecule has 1 N–H and O–H groups in total. The Kier molecular flexibility index (Phi) is 6.45. The minimum atomic E-state index is 0.663. The molecule has 0 spiro atoms. The van der Waals surface area contributed by atoms with E-state index < -0.39 is 0 Å². The molecular weight excluding hydrogens is 146 g/mol. The Hall–Kier alpha value is -0.0400. The van der Waals surface area contributed by atoms with Gasteiger partial charge in [-0.15, -0.1) is 0 Å². The van der Waals surface area contributed by atoms with E-state index >= 15 is 0 Å². The van der Waals surface area contributed by atoms with Gasteiger partial charge in [0.15, 0.2) is 0 Å². The molecule has 3 atom stereocenters. The number of nitrogens with one attached hydrogen (secondary N) is 1. The molecule has 0 saturated heterocycles. The molecule has 0 saturated carbocycles. The zero-order valence-electron chi connectivity index (χ0n) is 9.35. The van der Waals surface area contributed by atoms with Gasteiger partial charge in [-0.2, -0.15) is 0 Å². The zero-order chi connectivity index (χ0) is 9.56. The minimum absolute atomic E-state index is 0.663. The lowest BCUT2D eigenvalue weighted by molar-refractivity contribution is 0.262. The van der Waals surface area contributed by atoms with Gasteiger partial charge in [0, 0.05) is 6.04 Å². The van der Waals surface area contributed by atoms with E-state index in [2.05, 4.69) is 40.1 Å². The normalized spacial score (nSPS) is 18.8. The van der Waals surface area contributed by atoms with Crippen molar-refractivity contribution in [2.24, 2.45) is 11.8 Å². The Morgan fingerprint density at radius 2 is 1.75 bits per heavy atom. The van der Waals surface area contributed by atoms with Gasteiger partial charge < -0.3 is 5.32 Å². The smallest absolute Gasteiger partial charge is 0.00664 e. The van der Waals surface area contributed by atoms with Crippen LogP contribution in [0.15, 0.2) is 0 Å². The van der Waals surface area contributed by atoms with Gasteiger partial charge in [0.2, 0.25) is 0 Å². The number of rotatable bonds is 6. The first-order chi connectivity index (χ1) is 5.67. The maximum absolute atomic E-state index is 3.36. The van der Waals surface area contributed by atoms with Crippen molar-refractivity contribution in [2.75, 3.05) is 7.05 Å². The molecule has 0 aromatic heterocycles. The summed E-state index contributed by atoms with van der Waals surface area (Å²) in [4.78, 5) is 0. The maximum atomic E-state index is 3.36. The van der Waals surface area contributed by atoms with E-state index in [9.17, 15) is 0 Å². The molecule has 2 unspecified atom stereocenters. The summed E-state index contributed by atoms with van der Waals surface area (Å²) in [7, 11) is 2.06. The summed E-state index contributed by atoms with van der Waals surface area (Å²) in [6, 6.07) is 0.663. The van der Waals surface area contributed by atoms with Crippen molar-refractivity contribution in [2.45, 2.75) is 53.0 Å². The highest BCUT2D eigenvalue weighted by Crippen LogP contribution is 2.23. The van der Waals surface area contributed by atoms with E-state index in [0.717, 1.165) is 11.8 Å². The van der Waals surface area contributed by atoms with Crippen LogP contribution in [0.3, 0.4) is 0 Å². The molecular formula is C11H25N. The van der Waals surface area contributed by atoms with Gasteiger partial charge in [-0.3, -0.25) is 0 Å². The number of hydrogen-bond acceptors (Lipinski definition) is 1. The third kappa shape index (κ3) is 3.57. The maximum Gasteiger partial charge on any atom is 0.00664 e. The predicted octanol–water partition coefficient (Wildman–Crippen LogP) is 3.06. The van der Waals surface area contributed by atoms with Gasteiger partial charge in [0.25, 0.3) is 0 Å². The van der Waals surface area contributed by atoms with Gasteiger partial charge in [0.05, 0.1) is 0 Å². The van der Waals surface area contributed by atoms with Crippen LogP contribution in [-0.4, -0.2) is 13.1 Å². The molecule has 1 heteroatoms. The Bertz CT molecular complexity index is 101. The van der Waals surface area contributed by atoms with Crippen LogP contribution in [0.4, 0.5) is 0 Å². The van der Waals surface area contributed by atoms with Crippen LogP contribution in [0, 0.1) is 11.8 Å². The molecule has 0 aromatic rings. The lowest BCUT2D eigenvalue weighted by Crippen LogP contribution is -2.34. The Labute approximate surface area is 77.9 Å². The molecule has 0 bridgehead atoms. The molecule has 0 fully saturated rings. The molecule has 0 rings (SSSR count). The third-order valence-electron chi connectivity index (χ3n) is 3.04. The Morgan fingerprint density at radius 1 is 1.17 bits per heavy atom. The van der Waals surface area contributed by atoms with Gasteiger partial charge in [-0.05, 0) is 25.8 Å². The highest BCUT2D eigenvalue weighted by Gasteiger charge is 2.19. The highest BCUT2D eigenvalue weighted by molar-refractivity contribution is 4.74. The summed E-state index contributed by atoms with van der Waals surface area (Å²) in [6.07, 6.45) is 3.97. The standard InChI is InChI=1S/C11H25N/c1-6-8-9(3)11(7-2)10(4)12-5/h9-12H,6-8H2,1-5H3/t9-,10?,11?/m0/s1.